The van der Waals surface area contributed by atoms with E-state index in [2.05, 4.69) is 37.4 Å². The van der Waals surface area contributed by atoms with Crippen LogP contribution < -0.4 is 16.4 Å². The van der Waals surface area contributed by atoms with Crippen LogP contribution in [0.3, 0.4) is 0 Å². The van der Waals surface area contributed by atoms with Crippen LogP contribution in [0.2, 0.25) is 0 Å². The van der Waals surface area contributed by atoms with Gasteiger partial charge in [-0.3, -0.25) is 9.36 Å². The van der Waals surface area contributed by atoms with Crippen molar-refractivity contribution in [1.29, 1.82) is 0 Å². The Morgan fingerprint density at radius 1 is 1.33 bits per heavy atom. The molecule has 4 atom stereocenters. The van der Waals surface area contributed by atoms with Gasteiger partial charge in [-0.2, -0.15) is 0 Å². The molecule has 6 N–H and O–H groups in total. The number of amides is 3. The van der Waals surface area contributed by atoms with E-state index in [1.165, 1.54) is 22.8 Å². The van der Waals surface area contributed by atoms with Crippen LogP contribution >= 0.6 is 0 Å². The molecule has 33 heavy (non-hydrogen) atoms. The first-order chi connectivity index (χ1) is 15.8. The number of nitrogens with two attached hydrogens (primary N) is 1. The number of carbonyl (C=O) groups excluding carboxylic acids is 2. The van der Waals surface area contributed by atoms with Crippen molar-refractivity contribution in [3.8, 4) is 11.8 Å². The van der Waals surface area contributed by atoms with E-state index in [9.17, 15) is 19.8 Å². The van der Waals surface area contributed by atoms with Gasteiger partial charge in [0.25, 0.3) is 5.91 Å². The SMILES string of the molecule is CCN(CC#Cc1nc(N)c2ncn(C3OC(C(=O)NC4CC4)C(O)C3O)c2n1)C(=O)NC. The van der Waals surface area contributed by atoms with Crippen LogP contribution in [0.15, 0.2) is 6.33 Å². The van der Waals surface area contributed by atoms with Crippen molar-refractivity contribution in [3.63, 3.8) is 0 Å². The Hall–Kier alpha value is -3.47. The van der Waals surface area contributed by atoms with E-state index >= 15 is 0 Å². The zero-order valence-electron chi connectivity index (χ0n) is 18.2. The maximum Gasteiger partial charge on any atom is 0.317 e. The van der Waals surface area contributed by atoms with E-state index in [0.717, 1.165) is 12.8 Å². The molecule has 176 valence electrons. The second-order valence-electron chi connectivity index (χ2n) is 7.84. The number of hydrogen-bond acceptors (Lipinski definition) is 9. The molecule has 2 aromatic rings. The minimum atomic E-state index is -1.42. The molecule has 2 aromatic heterocycles. The van der Waals surface area contributed by atoms with Crippen LogP contribution in [-0.4, -0.2) is 91.1 Å². The van der Waals surface area contributed by atoms with Gasteiger partial charge in [0.15, 0.2) is 23.8 Å². The molecule has 1 aliphatic heterocycles. The number of nitrogen functional groups attached to an aromatic ring is 1. The first-order valence-electron chi connectivity index (χ1n) is 10.6. The van der Waals surface area contributed by atoms with Gasteiger partial charge in [-0.25, -0.2) is 19.7 Å². The number of imidazole rings is 1. The largest absolute Gasteiger partial charge is 0.387 e. The Labute approximate surface area is 189 Å². The number of aliphatic hydroxyl groups is 2. The summed E-state index contributed by atoms with van der Waals surface area (Å²) < 4.78 is 7.09. The third kappa shape index (κ3) is 4.54. The molecule has 1 saturated heterocycles. The predicted molar refractivity (Wildman–Crippen MR) is 115 cm³/mol. The normalized spacial score (nSPS) is 24.2. The Balaban J connectivity index is 1.58. The Morgan fingerprint density at radius 3 is 2.76 bits per heavy atom. The van der Waals surface area contributed by atoms with Gasteiger partial charge < -0.3 is 36.2 Å². The number of ether oxygens (including phenoxy) is 1. The first-order valence-corrected chi connectivity index (χ1v) is 10.6. The highest BCUT2D eigenvalue weighted by molar-refractivity contribution is 5.83. The van der Waals surface area contributed by atoms with E-state index < -0.39 is 30.4 Å². The average Bonchev–Trinajstić information content (AvgIpc) is 3.43. The van der Waals surface area contributed by atoms with E-state index in [-0.39, 0.29) is 41.4 Å². The third-order valence-electron chi connectivity index (χ3n) is 5.50. The van der Waals surface area contributed by atoms with Crippen LogP contribution in [0.4, 0.5) is 10.6 Å². The molecule has 13 heteroatoms. The monoisotopic (exact) mass is 458 g/mol. The predicted octanol–water partition coefficient (Wildman–Crippen LogP) is -1.68. The van der Waals surface area contributed by atoms with Crippen molar-refractivity contribution < 1.29 is 24.5 Å². The van der Waals surface area contributed by atoms with Crippen molar-refractivity contribution in [2.24, 2.45) is 0 Å². The van der Waals surface area contributed by atoms with E-state index in [0.29, 0.717) is 6.54 Å². The van der Waals surface area contributed by atoms with Crippen LogP contribution in [0.5, 0.6) is 0 Å². The lowest BCUT2D eigenvalue weighted by Crippen LogP contribution is -2.43. The van der Waals surface area contributed by atoms with Crippen LogP contribution in [0.1, 0.15) is 31.8 Å². The van der Waals surface area contributed by atoms with Crippen LogP contribution in [0.25, 0.3) is 11.2 Å². The number of aliphatic hydroxyl groups excluding tert-OH is 2. The Bertz CT molecular complexity index is 1120. The highest BCUT2D eigenvalue weighted by Crippen LogP contribution is 2.33. The minimum Gasteiger partial charge on any atom is -0.387 e. The number of anilines is 1. The number of carbonyl (C=O) groups is 2. The number of urea groups is 1. The molecule has 3 amide bonds. The van der Waals surface area contributed by atoms with E-state index in [1.807, 2.05) is 6.92 Å². The summed E-state index contributed by atoms with van der Waals surface area (Å²) in [6, 6.07) is -0.175. The van der Waals surface area contributed by atoms with Crippen molar-refractivity contribution in [2.75, 3.05) is 25.9 Å². The van der Waals surface area contributed by atoms with Crippen molar-refractivity contribution in [2.45, 2.75) is 50.3 Å². The van der Waals surface area contributed by atoms with Gasteiger partial charge in [-0.05, 0) is 25.7 Å². The van der Waals surface area contributed by atoms with Gasteiger partial charge in [-0.15, -0.1) is 0 Å². The summed E-state index contributed by atoms with van der Waals surface area (Å²) in [4.78, 5) is 38.3. The number of nitrogens with zero attached hydrogens (tertiary/aromatic N) is 5. The summed E-state index contributed by atoms with van der Waals surface area (Å²) in [7, 11) is 1.54. The minimum absolute atomic E-state index is 0.0674. The maximum absolute atomic E-state index is 12.4. The van der Waals surface area contributed by atoms with Gasteiger partial charge in [0.2, 0.25) is 5.82 Å². The standard InChI is InChI=1S/C20H26N8O5/c1-3-27(20(32)22-2)8-4-5-11-25-16(21)12-17(26-11)28(9-23-12)19-14(30)13(29)15(33-19)18(31)24-10-6-7-10/h9-10,13-15,19,29-30H,3,6-8H2,1-2H3,(H,22,32)(H,24,31)(H2,21,25,26). The average molecular weight is 458 g/mol. The van der Waals surface area contributed by atoms with E-state index in [1.54, 1.807) is 0 Å². The molecule has 0 radical (unpaired) electrons. The molecule has 3 heterocycles. The second kappa shape index (κ2) is 9.18. The van der Waals surface area contributed by atoms with Gasteiger partial charge in [0.05, 0.1) is 12.9 Å². The van der Waals surface area contributed by atoms with Crippen molar-refractivity contribution >= 4 is 28.9 Å². The fourth-order valence-electron chi connectivity index (χ4n) is 3.50. The molecular weight excluding hydrogens is 432 g/mol. The molecule has 2 aliphatic rings. The molecule has 4 rings (SSSR count). The smallest absolute Gasteiger partial charge is 0.317 e. The zero-order valence-corrected chi connectivity index (χ0v) is 18.2. The lowest BCUT2D eigenvalue weighted by atomic mass is 10.1. The van der Waals surface area contributed by atoms with Crippen molar-refractivity contribution in [1.82, 2.24) is 35.1 Å². The Morgan fingerprint density at radius 2 is 2.09 bits per heavy atom. The summed E-state index contributed by atoms with van der Waals surface area (Å²) in [5, 5.41) is 26.2. The molecule has 1 saturated carbocycles. The zero-order chi connectivity index (χ0) is 23.7. The van der Waals surface area contributed by atoms with Crippen LogP contribution in [0, 0.1) is 11.8 Å². The molecule has 0 spiro atoms. The number of aromatic nitrogens is 4. The van der Waals surface area contributed by atoms with Crippen molar-refractivity contribution in [3.05, 3.63) is 12.2 Å². The molecular formula is C20H26N8O5. The quantitative estimate of drug-likeness (QED) is 0.327. The second-order valence-corrected chi connectivity index (χ2v) is 7.84. The number of fused-ring (bicyclic) bond motifs is 1. The summed E-state index contributed by atoms with van der Waals surface area (Å²) in [5.41, 5.74) is 6.50. The first kappa shape index (κ1) is 22.7. The fourth-order valence-corrected chi connectivity index (χ4v) is 3.50. The summed E-state index contributed by atoms with van der Waals surface area (Å²) in [6.45, 7) is 2.46. The number of rotatable bonds is 5. The molecule has 0 aromatic carbocycles. The van der Waals surface area contributed by atoms with Gasteiger partial charge in [0.1, 0.15) is 17.7 Å². The Kier molecular flexibility index (Phi) is 6.32. The van der Waals surface area contributed by atoms with Gasteiger partial charge in [0, 0.05) is 19.6 Å². The van der Waals surface area contributed by atoms with Crippen LogP contribution in [-0.2, 0) is 9.53 Å². The van der Waals surface area contributed by atoms with E-state index in [4.69, 9.17) is 10.5 Å². The summed E-state index contributed by atoms with van der Waals surface area (Å²) >= 11 is 0. The lowest BCUT2D eigenvalue weighted by molar-refractivity contribution is -0.137. The fraction of sp³-hybridized carbons (Fsp3) is 0.550. The summed E-state index contributed by atoms with van der Waals surface area (Å²) in [5.74, 6) is 5.28. The molecule has 4 unspecified atom stereocenters. The molecule has 2 fully saturated rings. The topological polar surface area (TPSA) is 181 Å². The van der Waals surface area contributed by atoms with Gasteiger partial charge in [-0.1, -0.05) is 5.92 Å². The molecule has 1 aliphatic carbocycles. The highest BCUT2D eigenvalue weighted by atomic mass is 16.6. The molecule has 0 bridgehead atoms. The van der Waals surface area contributed by atoms with Gasteiger partial charge >= 0.3 is 6.03 Å². The maximum atomic E-state index is 12.4. The molecule has 13 nitrogen and oxygen atoms in total. The summed E-state index contributed by atoms with van der Waals surface area (Å²) in [6.07, 6.45) is -2.05. The number of nitrogens with one attached hydrogen (secondary N) is 2. The number of hydrogen-bond donors (Lipinski definition) is 5. The third-order valence-corrected chi connectivity index (χ3v) is 5.50. The highest BCUT2D eigenvalue weighted by Gasteiger charge is 2.48. The lowest BCUT2D eigenvalue weighted by Gasteiger charge is -2.16.